The molecule has 0 aromatic carbocycles. The quantitative estimate of drug-likeness (QED) is 0.527. The van der Waals surface area contributed by atoms with Gasteiger partial charge in [0.1, 0.15) is 11.7 Å². The van der Waals surface area contributed by atoms with Crippen molar-refractivity contribution in [3.63, 3.8) is 0 Å². The molecule has 0 spiro atoms. The minimum atomic E-state index is -1.61. The maximum Gasteiger partial charge on any atom is 0.506 e. The Balaban J connectivity index is 2.96. The summed E-state index contributed by atoms with van der Waals surface area (Å²) in [5.74, 6) is 0. The lowest BCUT2D eigenvalue weighted by Gasteiger charge is -2.45. The van der Waals surface area contributed by atoms with E-state index in [0.29, 0.717) is 0 Å². The van der Waals surface area contributed by atoms with Gasteiger partial charge in [-0.15, -0.1) is 0 Å². The van der Waals surface area contributed by atoms with E-state index in [2.05, 4.69) is 4.74 Å². The zero-order chi connectivity index (χ0) is 15.6. The van der Waals surface area contributed by atoms with Crippen molar-refractivity contribution in [2.75, 3.05) is 0 Å². The van der Waals surface area contributed by atoms with Gasteiger partial charge in [-0.2, -0.15) is 0 Å². The monoisotopic (exact) mass is 292 g/mol. The van der Waals surface area contributed by atoms with E-state index in [1.165, 1.54) is 13.8 Å². The molecule has 1 rings (SSSR count). The van der Waals surface area contributed by atoms with E-state index in [0.717, 1.165) is 0 Å². The van der Waals surface area contributed by atoms with Crippen LogP contribution in [0.4, 0.5) is 14.4 Å². The summed E-state index contributed by atoms with van der Waals surface area (Å²) >= 11 is 0. The SMILES string of the molecule is CC1(OC(=O)O)CCC(OC(=O)O)C(C)(OC(=O)O)C1. The van der Waals surface area contributed by atoms with Crippen LogP contribution in [0.1, 0.15) is 33.1 Å². The van der Waals surface area contributed by atoms with Gasteiger partial charge < -0.3 is 29.5 Å². The summed E-state index contributed by atoms with van der Waals surface area (Å²) in [5.41, 5.74) is -2.69. The van der Waals surface area contributed by atoms with Crippen molar-refractivity contribution in [2.45, 2.75) is 50.4 Å². The maximum absolute atomic E-state index is 10.8. The molecule has 0 amide bonds. The van der Waals surface area contributed by atoms with Gasteiger partial charge in [0.05, 0.1) is 0 Å². The third-order valence-electron chi connectivity index (χ3n) is 3.24. The van der Waals surface area contributed by atoms with Crippen molar-refractivity contribution < 1.29 is 43.9 Å². The first-order valence-electron chi connectivity index (χ1n) is 5.80. The van der Waals surface area contributed by atoms with Crippen molar-refractivity contribution in [1.29, 1.82) is 0 Å². The molecule has 20 heavy (non-hydrogen) atoms. The molecule has 1 aliphatic rings. The zero-order valence-corrected chi connectivity index (χ0v) is 11.0. The summed E-state index contributed by atoms with van der Waals surface area (Å²) in [6, 6.07) is 0. The van der Waals surface area contributed by atoms with Gasteiger partial charge in [-0.3, -0.25) is 0 Å². The number of rotatable bonds is 3. The van der Waals surface area contributed by atoms with Crippen molar-refractivity contribution in [3.8, 4) is 0 Å². The smallest absolute Gasteiger partial charge is 0.450 e. The summed E-state index contributed by atoms with van der Waals surface area (Å²) in [6.07, 6.45) is -5.56. The predicted octanol–water partition coefficient (Wildman–Crippen LogP) is 2.14. The van der Waals surface area contributed by atoms with Crippen molar-refractivity contribution in [2.24, 2.45) is 0 Å². The molecule has 1 aliphatic carbocycles. The highest BCUT2D eigenvalue weighted by atomic mass is 16.7. The fourth-order valence-electron chi connectivity index (χ4n) is 2.59. The summed E-state index contributed by atoms with van der Waals surface area (Å²) < 4.78 is 14.1. The van der Waals surface area contributed by atoms with Crippen LogP contribution in [-0.4, -0.2) is 51.1 Å². The van der Waals surface area contributed by atoms with E-state index in [-0.39, 0.29) is 19.3 Å². The first-order valence-corrected chi connectivity index (χ1v) is 5.80. The molecule has 0 saturated heterocycles. The third-order valence-corrected chi connectivity index (χ3v) is 3.24. The van der Waals surface area contributed by atoms with Crippen LogP contribution in [0.15, 0.2) is 0 Å². The van der Waals surface area contributed by atoms with Gasteiger partial charge in [0.15, 0.2) is 5.60 Å². The van der Waals surface area contributed by atoms with Gasteiger partial charge in [0.2, 0.25) is 0 Å². The Morgan fingerprint density at radius 1 is 1.00 bits per heavy atom. The highest BCUT2D eigenvalue weighted by molar-refractivity contribution is 5.59. The lowest BCUT2D eigenvalue weighted by Crippen LogP contribution is -2.56. The van der Waals surface area contributed by atoms with Crippen molar-refractivity contribution in [1.82, 2.24) is 0 Å². The largest absolute Gasteiger partial charge is 0.506 e. The fourth-order valence-corrected chi connectivity index (χ4v) is 2.59. The molecule has 114 valence electrons. The summed E-state index contributed by atoms with van der Waals surface area (Å²) in [6.45, 7) is 2.83. The molecule has 0 bridgehead atoms. The van der Waals surface area contributed by atoms with Crippen LogP contribution < -0.4 is 0 Å². The molecule has 3 N–H and O–H groups in total. The zero-order valence-electron chi connectivity index (χ0n) is 11.0. The van der Waals surface area contributed by atoms with Gasteiger partial charge in [0.25, 0.3) is 0 Å². The average Bonchev–Trinajstić information content (AvgIpc) is 2.19. The van der Waals surface area contributed by atoms with Crippen LogP contribution in [0.3, 0.4) is 0 Å². The second kappa shape index (κ2) is 5.43. The molecular weight excluding hydrogens is 276 g/mol. The lowest BCUT2D eigenvalue weighted by atomic mass is 9.74. The topological polar surface area (TPSA) is 140 Å². The highest BCUT2D eigenvalue weighted by Gasteiger charge is 2.52. The van der Waals surface area contributed by atoms with Crippen molar-refractivity contribution >= 4 is 18.5 Å². The van der Waals surface area contributed by atoms with E-state index in [1.807, 2.05) is 0 Å². The molecule has 0 aromatic heterocycles. The lowest BCUT2D eigenvalue weighted by molar-refractivity contribution is -0.165. The summed E-state index contributed by atoms with van der Waals surface area (Å²) in [4.78, 5) is 32.0. The second-order valence-electron chi connectivity index (χ2n) is 5.09. The number of carbonyl (C=O) groups is 3. The molecule has 0 aromatic rings. The molecule has 0 radical (unpaired) electrons. The fraction of sp³-hybridized carbons (Fsp3) is 0.727. The van der Waals surface area contributed by atoms with Gasteiger partial charge in [-0.1, -0.05) is 0 Å². The number of hydrogen-bond donors (Lipinski definition) is 3. The van der Waals surface area contributed by atoms with Gasteiger partial charge in [-0.25, -0.2) is 14.4 Å². The molecule has 1 fully saturated rings. The summed E-state index contributed by atoms with van der Waals surface area (Å²) in [7, 11) is 0. The molecular formula is C11H16O9. The van der Waals surface area contributed by atoms with Crippen LogP contribution >= 0.6 is 0 Å². The number of carboxylic acid groups (broad SMARTS) is 3. The van der Waals surface area contributed by atoms with E-state index < -0.39 is 35.8 Å². The normalized spacial score (nSPS) is 33.0. The van der Waals surface area contributed by atoms with Crippen LogP contribution in [0, 0.1) is 0 Å². The molecule has 9 nitrogen and oxygen atoms in total. The van der Waals surface area contributed by atoms with Gasteiger partial charge >= 0.3 is 18.5 Å². The van der Waals surface area contributed by atoms with Crippen LogP contribution in [0.5, 0.6) is 0 Å². The van der Waals surface area contributed by atoms with E-state index in [1.54, 1.807) is 0 Å². The molecule has 0 aliphatic heterocycles. The van der Waals surface area contributed by atoms with Crippen LogP contribution in [0.2, 0.25) is 0 Å². The Bertz CT molecular complexity index is 420. The number of hydrogen-bond acceptors (Lipinski definition) is 6. The molecule has 9 heteroatoms. The van der Waals surface area contributed by atoms with Crippen LogP contribution in [-0.2, 0) is 14.2 Å². The maximum atomic E-state index is 10.8. The summed E-state index contributed by atoms with van der Waals surface area (Å²) in [5, 5.41) is 26.1. The van der Waals surface area contributed by atoms with E-state index in [4.69, 9.17) is 24.8 Å². The van der Waals surface area contributed by atoms with Gasteiger partial charge in [0, 0.05) is 6.42 Å². The predicted molar refractivity (Wildman–Crippen MR) is 61.8 cm³/mol. The first-order chi connectivity index (χ1) is 9.06. The Kier molecular flexibility index (Phi) is 4.31. The molecule has 0 heterocycles. The Labute approximate surface area is 114 Å². The number of ether oxygens (including phenoxy) is 3. The average molecular weight is 292 g/mol. The minimum Gasteiger partial charge on any atom is -0.450 e. The molecule has 3 atom stereocenters. The van der Waals surface area contributed by atoms with E-state index in [9.17, 15) is 14.4 Å². The van der Waals surface area contributed by atoms with Gasteiger partial charge in [-0.05, 0) is 26.7 Å². The molecule has 1 saturated carbocycles. The molecule has 3 unspecified atom stereocenters. The second-order valence-corrected chi connectivity index (χ2v) is 5.09. The third kappa shape index (κ3) is 3.90. The minimum absolute atomic E-state index is 0.0832. The first kappa shape index (κ1) is 15.9. The standard InChI is InChI=1S/C11H16O9/c1-10(19-8(14)15)4-3-6(18-7(12)13)11(2,5-10)20-9(16)17/h6H,3-5H2,1-2H3,(H,12,13)(H,14,15)(H,16,17). The van der Waals surface area contributed by atoms with Crippen molar-refractivity contribution in [3.05, 3.63) is 0 Å². The van der Waals surface area contributed by atoms with E-state index >= 15 is 0 Å². The van der Waals surface area contributed by atoms with Crippen LogP contribution in [0.25, 0.3) is 0 Å². The Hall–Kier alpha value is -2.19. The highest BCUT2D eigenvalue weighted by Crippen LogP contribution is 2.41. The Morgan fingerprint density at radius 2 is 1.55 bits per heavy atom. The Morgan fingerprint density at radius 3 is 2.00 bits per heavy atom.